The van der Waals surface area contributed by atoms with Gasteiger partial charge in [-0.25, -0.2) is 5.43 Å². The van der Waals surface area contributed by atoms with E-state index in [0.717, 1.165) is 36.5 Å². The molecule has 5 rings (SSSR count). The third-order valence-electron chi connectivity index (χ3n) is 7.81. The highest BCUT2D eigenvalue weighted by atomic mass is 16.2. The first kappa shape index (κ1) is 17.5. The van der Waals surface area contributed by atoms with E-state index in [1.807, 2.05) is 0 Å². The summed E-state index contributed by atoms with van der Waals surface area (Å²) in [5, 5.41) is 4.71. The van der Waals surface area contributed by atoms with Gasteiger partial charge in [-0.2, -0.15) is 5.10 Å². The molecule has 5 saturated carbocycles. The van der Waals surface area contributed by atoms with Gasteiger partial charge in [0.15, 0.2) is 0 Å². The van der Waals surface area contributed by atoms with Gasteiger partial charge >= 0.3 is 0 Å². The molecule has 0 aromatic rings. The van der Waals surface area contributed by atoms with E-state index in [9.17, 15) is 4.79 Å². The molecule has 0 aromatic carbocycles. The Balaban J connectivity index is 1.33. The molecule has 0 heterocycles. The van der Waals surface area contributed by atoms with Crippen molar-refractivity contribution in [3.63, 3.8) is 0 Å². The summed E-state index contributed by atoms with van der Waals surface area (Å²) in [4.78, 5) is 12.3. The standard InChI is InChI=1S/C22H36N2O/c1-2-20(22-13-17-10-18(14-22)12-19(11-17)15-22)23-24-21(25)9-8-16-6-4-3-5-7-16/h16-19H,2-15H2,1H3,(H,24,25). The fraction of sp³-hybridized carbons (Fsp3) is 0.909. The lowest BCUT2D eigenvalue weighted by Gasteiger charge is -2.57. The fourth-order valence-corrected chi connectivity index (χ4v) is 7.03. The normalized spacial score (nSPS) is 38.1. The van der Waals surface area contributed by atoms with Crippen LogP contribution in [-0.2, 0) is 4.79 Å². The van der Waals surface area contributed by atoms with Crippen molar-refractivity contribution in [1.29, 1.82) is 0 Å². The molecule has 5 aliphatic carbocycles. The van der Waals surface area contributed by atoms with Crippen LogP contribution in [0.1, 0.15) is 96.8 Å². The summed E-state index contributed by atoms with van der Waals surface area (Å²) in [5.74, 6) is 3.72. The van der Waals surface area contributed by atoms with Crippen LogP contribution in [0.2, 0.25) is 0 Å². The highest BCUT2D eigenvalue weighted by Crippen LogP contribution is 2.60. The van der Waals surface area contributed by atoms with Crippen molar-refractivity contribution in [2.45, 2.75) is 96.8 Å². The Labute approximate surface area is 153 Å². The molecule has 0 aliphatic heterocycles. The van der Waals surface area contributed by atoms with Gasteiger partial charge in [-0.1, -0.05) is 39.0 Å². The van der Waals surface area contributed by atoms with E-state index in [1.54, 1.807) is 0 Å². The van der Waals surface area contributed by atoms with Crippen molar-refractivity contribution in [1.82, 2.24) is 5.43 Å². The topological polar surface area (TPSA) is 41.5 Å². The largest absolute Gasteiger partial charge is 0.273 e. The molecule has 0 radical (unpaired) electrons. The van der Waals surface area contributed by atoms with Crippen molar-refractivity contribution in [3.8, 4) is 0 Å². The molecule has 1 N–H and O–H groups in total. The van der Waals surface area contributed by atoms with E-state index in [2.05, 4.69) is 12.3 Å². The van der Waals surface area contributed by atoms with E-state index < -0.39 is 0 Å². The molecule has 5 fully saturated rings. The van der Waals surface area contributed by atoms with Crippen molar-refractivity contribution in [3.05, 3.63) is 0 Å². The summed E-state index contributed by atoms with van der Waals surface area (Å²) >= 11 is 0. The molecule has 140 valence electrons. The van der Waals surface area contributed by atoms with Gasteiger partial charge < -0.3 is 0 Å². The molecule has 25 heavy (non-hydrogen) atoms. The maximum Gasteiger partial charge on any atom is 0.240 e. The highest BCUT2D eigenvalue weighted by molar-refractivity contribution is 5.91. The number of hydrogen-bond donors (Lipinski definition) is 1. The van der Waals surface area contributed by atoms with Crippen LogP contribution in [0.3, 0.4) is 0 Å². The van der Waals surface area contributed by atoms with E-state index in [-0.39, 0.29) is 5.91 Å². The maximum absolute atomic E-state index is 12.3. The molecule has 3 heteroatoms. The minimum Gasteiger partial charge on any atom is -0.273 e. The number of rotatable bonds is 6. The Morgan fingerprint density at radius 3 is 2.16 bits per heavy atom. The zero-order chi connectivity index (χ0) is 17.3. The van der Waals surface area contributed by atoms with E-state index >= 15 is 0 Å². The number of hydrazone groups is 1. The van der Waals surface area contributed by atoms with Gasteiger partial charge in [0.1, 0.15) is 0 Å². The van der Waals surface area contributed by atoms with Gasteiger partial charge in [0.05, 0.1) is 0 Å². The summed E-state index contributed by atoms with van der Waals surface area (Å²) in [6.45, 7) is 2.23. The third-order valence-corrected chi connectivity index (χ3v) is 7.81. The van der Waals surface area contributed by atoms with Crippen molar-refractivity contribution < 1.29 is 4.79 Å². The number of amides is 1. The van der Waals surface area contributed by atoms with Crippen LogP contribution >= 0.6 is 0 Å². The van der Waals surface area contributed by atoms with Gasteiger partial charge in [0.2, 0.25) is 5.91 Å². The molecular formula is C22H36N2O. The van der Waals surface area contributed by atoms with Gasteiger partial charge in [0, 0.05) is 17.5 Å². The summed E-state index contributed by atoms with van der Waals surface area (Å²) in [5.41, 5.74) is 4.58. The zero-order valence-corrected chi connectivity index (χ0v) is 16.1. The quantitative estimate of drug-likeness (QED) is 0.505. The SMILES string of the molecule is CCC(=NNC(=O)CCC1CCCCC1)C12CC3CC(CC(C3)C1)C2. The second-order valence-electron chi connectivity index (χ2n) is 9.69. The van der Waals surface area contributed by atoms with Crippen LogP contribution in [-0.4, -0.2) is 11.6 Å². The highest BCUT2D eigenvalue weighted by Gasteiger charge is 2.52. The minimum atomic E-state index is 0.140. The number of carbonyl (C=O) groups excluding carboxylic acids is 1. The molecular weight excluding hydrogens is 308 g/mol. The smallest absolute Gasteiger partial charge is 0.240 e. The lowest BCUT2D eigenvalue weighted by molar-refractivity contribution is -0.121. The lowest BCUT2D eigenvalue weighted by Crippen LogP contribution is -2.50. The zero-order valence-electron chi connectivity index (χ0n) is 16.1. The maximum atomic E-state index is 12.3. The molecule has 0 atom stereocenters. The molecule has 5 aliphatic rings. The summed E-state index contributed by atoms with van der Waals surface area (Å²) < 4.78 is 0. The van der Waals surface area contributed by atoms with Crippen molar-refractivity contribution >= 4 is 11.6 Å². The van der Waals surface area contributed by atoms with Crippen molar-refractivity contribution in [2.75, 3.05) is 0 Å². The second kappa shape index (κ2) is 7.40. The minimum absolute atomic E-state index is 0.140. The molecule has 0 saturated heterocycles. The molecule has 3 nitrogen and oxygen atoms in total. The monoisotopic (exact) mass is 344 g/mol. The molecule has 4 bridgehead atoms. The van der Waals surface area contributed by atoms with Gasteiger partial charge in [-0.15, -0.1) is 0 Å². The summed E-state index contributed by atoms with van der Waals surface area (Å²) in [6.07, 6.45) is 17.9. The number of carbonyl (C=O) groups is 1. The Kier molecular flexibility index (Phi) is 5.20. The predicted octanol–water partition coefficient (Wildman–Crippen LogP) is 5.45. The average molecular weight is 345 g/mol. The van der Waals surface area contributed by atoms with E-state index in [0.29, 0.717) is 11.8 Å². The Morgan fingerprint density at radius 1 is 1.00 bits per heavy atom. The van der Waals surface area contributed by atoms with Gasteiger partial charge in [-0.05, 0) is 75.0 Å². The Hall–Kier alpha value is -0.860. The third kappa shape index (κ3) is 3.80. The van der Waals surface area contributed by atoms with Crippen LogP contribution in [0.25, 0.3) is 0 Å². The van der Waals surface area contributed by atoms with Gasteiger partial charge in [-0.3, -0.25) is 4.79 Å². The number of nitrogens with one attached hydrogen (secondary N) is 1. The Morgan fingerprint density at radius 2 is 1.60 bits per heavy atom. The van der Waals surface area contributed by atoms with Crippen LogP contribution in [0.5, 0.6) is 0 Å². The van der Waals surface area contributed by atoms with Gasteiger partial charge in [0.25, 0.3) is 0 Å². The van der Waals surface area contributed by atoms with Crippen LogP contribution < -0.4 is 5.43 Å². The second-order valence-corrected chi connectivity index (χ2v) is 9.69. The van der Waals surface area contributed by atoms with Crippen LogP contribution in [0.4, 0.5) is 0 Å². The number of hydrogen-bond acceptors (Lipinski definition) is 2. The summed E-state index contributed by atoms with van der Waals surface area (Å²) in [7, 11) is 0. The first-order chi connectivity index (χ1) is 12.2. The fourth-order valence-electron chi connectivity index (χ4n) is 7.03. The summed E-state index contributed by atoms with van der Waals surface area (Å²) in [6, 6.07) is 0. The van der Waals surface area contributed by atoms with E-state index in [1.165, 1.54) is 76.3 Å². The molecule has 1 amide bonds. The lowest BCUT2D eigenvalue weighted by atomic mass is 9.48. The van der Waals surface area contributed by atoms with Crippen LogP contribution in [0.15, 0.2) is 5.10 Å². The van der Waals surface area contributed by atoms with E-state index in [4.69, 9.17) is 5.10 Å². The predicted molar refractivity (Wildman–Crippen MR) is 102 cm³/mol. The van der Waals surface area contributed by atoms with Crippen LogP contribution in [0, 0.1) is 29.1 Å². The Bertz CT molecular complexity index is 483. The number of nitrogens with zero attached hydrogens (tertiary/aromatic N) is 1. The van der Waals surface area contributed by atoms with Crippen molar-refractivity contribution in [2.24, 2.45) is 34.2 Å². The first-order valence-corrected chi connectivity index (χ1v) is 11.0. The molecule has 0 unspecified atom stereocenters. The average Bonchev–Trinajstić information content (AvgIpc) is 2.60. The first-order valence-electron chi connectivity index (χ1n) is 11.0. The molecule has 0 aromatic heterocycles. The molecule has 0 spiro atoms.